The summed E-state index contributed by atoms with van der Waals surface area (Å²) in [6.45, 7) is -0.597. The zero-order chi connectivity index (χ0) is 17.7. The fourth-order valence-corrected chi connectivity index (χ4v) is 2.20. The highest BCUT2D eigenvalue weighted by atomic mass is 16.7. The molecule has 0 aliphatic carbocycles. The quantitative estimate of drug-likeness (QED) is 0.399. The van der Waals surface area contributed by atoms with Crippen LogP contribution in [0.25, 0.3) is 6.08 Å². The van der Waals surface area contributed by atoms with E-state index in [9.17, 15) is 20.1 Å². The van der Waals surface area contributed by atoms with Gasteiger partial charge in [0.2, 0.25) is 6.29 Å². The van der Waals surface area contributed by atoms with Crippen LogP contribution in [0, 0.1) is 0 Å². The van der Waals surface area contributed by atoms with Gasteiger partial charge >= 0.3 is 5.97 Å². The van der Waals surface area contributed by atoms with Crippen LogP contribution in [0.15, 0.2) is 30.3 Å². The van der Waals surface area contributed by atoms with Gasteiger partial charge in [-0.3, -0.25) is 0 Å². The number of methoxy groups -OCH3 is 1. The van der Waals surface area contributed by atoms with E-state index in [0.717, 1.165) is 11.6 Å². The van der Waals surface area contributed by atoms with Gasteiger partial charge in [-0.15, -0.1) is 0 Å². The highest BCUT2D eigenvalue weighted by molar-refractivity contribution is 5.87. The van der Waals surface area contributed by atoms with Crippen molar-refractivity contribution in [1.29, 1.82) is 0 Å². The first-order valence-corrected chi connectivity index (χ1v) is 7.29. The summed E-state index contributed by atoms with van der Waals surface area (Å²) in [6, 6.07) is 6.91. The molecule has 1 heterocycles. The van der Waals surface area contributed by atoms with Gasteiger partial charge in [-0.1, -0.05) is 12.1 Å². The predicted octanol–water partition coefficient (Wildman–Crippen LogP) is -0.949. The highest BCUT2D eigenvalue weighted by Crippen LogP contribution is 2.22. The Labute approximate surface area is 138 Å². The molecule has 24 heavy (non-hydrogen) atoms. The average molecular weight is 340 g/mol. The zero-order valence-corrected chi connectivity index (χ0v) is 13.0. The monoisotopic (exact) mass is 340 g/mol. The predicted molar refractivity (Wildman–Crippen MR) is 81.9 cm³/mol. The lowest BCUT2D eigenvalue weighted by Crippen LogP contribution is -2.59. The number of benzene rings is 1. The molecule has 8 nitrogen and oxygen atoms in total. The molecule has 0 bridgehead atoms. The standard InChI is InChI=1S/C16H20O8/c1-22-10-5-2-9(3-6-10)4-7-12(18)24-16-15(21)14(20)13(19)11(8-17)23-16/h2-7,11,13-17,19-21H,8H2,1H3/b7-4+/t11-,13-,14+,15-,16+/m1/s1. The summed E-state index contributed by atoms with van der Waals surface area (Å²) in [4.78, 5) is 11.8. The fraction of sp³-hybridized carbons (Fsp3) is 0.438. The number of rotatable bonds is 5. The van der Waals surface area contributed by atoms with E-state index in [0.29, 0.717) is 5.75 Å². The minimum Gasteiger partial charge on any atom is -0.497 e. The van der Waals surface area contributed by atoms with Crippen LogP contribution in [0.3, 0.4) is 0 Å². The van der Waals surface area contributed by atoms with Crippen LogP contribution in [0.5, 0.6) is 5.75 Å². The van der Waals surface area contributed by atoms with Gasteiger partial charge in [0, 0.05) is 6.08 Å². The van der Waals surface area contributed by atoms with Crippen molar-refractivity contribution in [3.8, 4) is 5.75 Å². The molecule has 0 amide bonds. The Bertz CT molecular complexity index is 568. The van der Waals surface area contributed by atoms with Crippen molar-refractivity contribution in [3.63, 3.8) is 0 Å². The van der Waals surface area contributed by atoms with Crippen molar-refractivity contribution in [3.05, 3.63) is 35.9 Å². The maximum absolute atomic E-state index is 11.8. The van der Waals surface area contributed by atoms with Gasteiger partial charge in [-0.2, -0.15) is 0 Å². The highest BCUT2D eigenvalue weighted by Gasteiger charge is 2.45. The molecule has 132 valence electrons. The van der Waals surface area contributed by atoms with Crippen molar-refractivity contribution in [1.82, 2.24) is 0 Å². The molecule has 2 rings (SSSR count). The Balaban J connectivity index is 1.96. The third-order valence-electron chi connectivity index (χ3n) is 3.61. The second-order valence-electron chi connectivity index (χ2n) is 5.24. The largest absolute Gasteiger partial charge is 0.497 e. The summed E-state index contributed by atoms with van der Waals surface area (Å²) < 4.78 is 15.0. The van der Waals surface area contributed by atoms with Gasteiger partial charge in [0.25, 0.3) is 0 Å². The lowest BCUT2D eigenvalue weighted by atomic mass is 9.99. The fourth-order valence-electron chi connectivity index (χ4n) is 2.20. The van der Waals surface area contributed by atoms with E-state index in [-0.39, 0.29) is 0 Å². The minimum absolute atomic E-state index is 0.597. The van der Waals surface area contributed by atoms with Gasteiger partial charge in [-0.25, -0.2) is 4.79 Å². The van der Waals surface area contributed by atoms with Crippen molar-refractivity contribution < 1.29 is 39.4 Å². The number of aliphatic hydroxyl groups excluding tert-OH is 4. The van der Waals surface area contributed by atoms with E-state index in [1.165, 1.54) is 6.08 Å². The maximum Gasteiger partial charge on any atom is 0.333 e. The second kappa shape index (κ2) is 8.22. The molecule has 1 fully saturated rings. The summed E-state index contributed by atoms with van der Waals surface area (Å²) in [5, 5.41) is 38.1. The zero-order valence-electron chi connectivity index (χ0n) is 13.0. The lowest BCUT2D eigenvalue weighted by molar-refractivity contribution is -0.291. The minimum atomic E-state index is -1.62. The maximum atomic E-state index is 11.8. The van der Waals surface area contributed by atoms with E-state index < -0.39 is 43.3 Å². The Morgan fingerprint density at radius 3 is 2.42 bits per heavy atom. The molecule has 0 saturated carbocycles. The third kappa shape index (κ3) is 4.31. The van der Waals surface area contributed by atoms with E-state index >= 15 is 0 Å². The molecular formula is C16H20O8. The van der Waals surface area contributed by atoms with Crippen LogP contribution in [0.2, 0.25) is 0 Å². The number of esters is 1. The Morgan fingerprint density at radius 1 is 1.17 bits per heavy atom. The lowest BCUT2D eigenvalue weighted by Gasteiger charge is -2.38. The summed E-state index contributed by atoms with van der Waals surface area (Å²) in [6.07, 6.45) is -4.73. The van der Waals surface area contributed by atoms with Gasteiger partial charge in [0.05, 0.1) is 13.7 Å². The van der Waals surface area contributed by atoms with Gasteiger partial charge < -0.3 is 34.6 Å². The molecule has 0 radical (unpaired) electrons. The molecule has 5 atom stereocenters. The number of hydrogen-bond acceptors (Lipinski definition) is 8. The molecule has 1 aliphatic rings. The van der Waals surface area contributed by atoms with Gasteiger partial charge in [0.15, 0.2) is 0 Å². The van der Waals surface area contributed by atoms with Gasteiger partial charge in [0.1, 0.15) is 30.2 Å². The SMILES string of the molecule is COc1ccc(/C=C/C(=O)O[C@@H]2O[C@H](CO)[C@@H](O)[C@H](O)[C@H]2O)cc1. The van der Waals surface area contributed by atoms with E-state index in [1.54, 1.807) is 31.4 Å². The Kier molecular flexibility index (Phi) is 6.29. The van der Waals surface area contributed by atoms with Crippen LogP contribution in [-0.4, -0.2) is 70.8 Å². The molecule has 0 spiro atoms. The van der Waals surface area contributed by atoms with Gasteiger partial charge in [-0.05, 0) is 23.8 Å². The summed E-state index contributed by atoms with van der Waals surface area (Å²) in [7, 11) is 1.54. The number of carbonyl (C=O) groups excluding carboxylic acids is 1. The normalized spacial score (nSPS) is 30.3. The smallest absolute Gasteiger partial charge is 0.333 e. The molecule has 0 unspecified atom stereocenters. The second-order valence-corrected chi connectivity index (χ2v) is 5.24. The first-order valence-electron chi connectivity index (χ1n) is 7.29. The van der Waals surface area contributed by atoms with E-state index in [2.05, 4.69) is 0 Å². The molecule has 8 heteroatoms. The van der Waals surface area contributed by atoms with Crippen molar-refractivity contribution >= 4 is 12.0 Å². The number of hydrogen-bond donors (Lipinski definition) is 4. The first-order chi connectivity index (χ1) is 11.5. The van der Waals surface area contributed by atoms with Crippen molar-refractivity contribution in [2.24, 2.45) is 0 Å². The van der Waals surface area contributed by atoms with Crippen LogP contribution in [0.1, 0.15) is 5.56 Å². The molecule has 1 aromatic carbocycles. The number of aliphatic hydroxyl groups is 4. The average Bonchev–Trinajstić information content (AvgIpc) is 2.60. The number of ether oxygens (including phenoxy) is 3. The van der Waals surface area contributed by atoms with Crippen LogP contribution in [0.4, 0.5) is 0 Å². The molecule has 1 saturated heterocycles. The molecule has 1 aromatic rings. The molecule has 1 aliphatic heterocycles. The van der Waals surface area contributed by atoms with Crippen LogP contribution >= 0.6 is 0 Å². The van der Waals surface area contributed by atoms with Crippen LogP contribution < -0.4 is 4.74 Å². The van der Waals surface area contributed by atoms with Crippen molar-refractivity contribution in [2.75, 3.05) is 13.7 Å². The molecule has 0 aromatic heterocycles. The summed E-state index contributed by atoms with van der Waals surface area (Å²) >= 11 is 0. The molecular weight excluding hydrogens is 320 g/mol. The van der Waals surface area contributed by atoms with Crippen LogP contribution in [-0.2, 0) is 14.3 Å². The molecule has 4 N–H and O–H groups in total. The summed E-state index contributed by atoms with van der Waals surface area (Å²) in [5.74, 6) is -0.133. The summed E-state index contributed by atoms with van der Waals surface area (Å²) in [5.41, 5.74) is 0.724. The third-order valence-corrected chi connectivity index (χ3v) is 3.61. The van der Waals surface area contributed by atoms with E-state index in [1.807, 2.05) is 0 Å². The first kappa shape index (κ1) is 18.4. The Morgan fingerprint density at radius 2 is 1.83 bits per heavy atom. The Hall–Kier alpha value is -1.97. The topological polar surface area (TPSA) is 126 Å². The van der Waals surface area contributed by atoms with Crippen molar-refractivity contribution in [2.45, 2.75) is 30.7 Å². The van der Waals surface area contributed by atoms with E-state index in [4.69, 9.17) is 19.3 Å². The number of carbonyl (C=O) groups is 1.